The zero-order chi connectivity index (χ0) is 13.1. The van der Waals surface area contributed by atoms with Gasteiger partial charge in [-0.05, 0) is 42.5 Å². The zero-order valence-corrected chi connectivity index (χ0v) is 9.15. The van der Waals surface area contributed by atoms with E-state index in [1.165, 1.54) is 24.3 Å². The fraction of sp³-hybridized carbons (Fsp3) is 0. The summed E-state index contributed by atoms with van der Waals surface area (Å²) in [4.78, 5) is 11.7. The Morgan fingerprint density at radius 2 is 1.72 bits per heavy atom. The lowest BCUT2D eigenvalue weighted by Crippen LogP contribution is -2.13. The van der Waals surface area contributed by atoms with Gasteiger partial charge in [0, 0.05) is 5.69 Å². The van der Waals surface area contributed by atoms with Crippen molar-refractivity contribution in [2.45, 2.75) is 0 Å². The highest BCUT2D eigenvalue weighted by Gasteiger charge is 2.12. The smallest absolute Gasteiger partial charge is 0.258 e. The Labute approximate surface area is 102 Å². The van der Waals surface area contributed by atoms with Gasteiger partial charge in [-0.15, -0.1) is 0 Å². The van der Waals surface area contributed by atoms with Gasteiger partial charge < -0.3 is 10.4 Å². The highest BCUT2D eigenvalue weighted by atomic mass is 19.1. The van der Waals surface area contributed by atoms with Crippen LogP contribution in [0, 0.1) is 11.6 Å². The molecule has 0 aliphatic heterocycles. The van der Waals surface area contributed by atoms with Gasteiger partial charge in [-0.2, -0.15) is 0 Å². The van der Waals surface area contributed by atoms with Gasteiger partial charge in [-0.1, -0.05) is 0 Å². The number of halogens is 2. The molecule has 0 radical (unpaired) electrons. The SMILES string of the molecule is O=C(Nc1ccc(O)cc1)c1cc(F)ccc1F. The molecular formula is C13H9F2NO2. The van der Waals surface area contributed by atoms with E-state index in [9.17, 15) is 13.6 Å². The Bertz CT molecular complexity index is 582. The minimum atomic E-state index is -0.798. The molecule has 2 aromatic carbocycles. The summed E-state index contributed by atoms with van der Waals surface area (Å²) in [5.41, 5.74) is 0.00420. The summed E-state index contributed by atoms with van der Waals surface area (Å²) in [6, 6.07) is 8.29. The Balaban J connectivity index is 2.21. The molecule has 0 bridgehead atoms. The Morgan fingerprint density at radius 1 is 1.06 bits per heavy atom. The molecule has 2 rings (SSSR count). The van der Waals surface area contributed by atoms with Gasteiger partial charge >= 0.3 is 0 Å². The summed E-state index contributed by atoms with van der Waals surface area (Å²) in [7, 11) is 0. The van der Waals surface area contributed by atoms with Crippen LogP contribution < -0.4 is 5.32 Å². The van der Waals surface area contributed by atoms with Crippen LogP contribution >= 0.6 is 0 Å². The fourth-order valence-corrected chi connectivity index (χ4v) is 1.41. The number of nitrogens with one attached hydrogen (secondary N) is 1. The molecule has 2 aromatic rings. The van der Waals surface area contributed by atoms with Gasteiger partial charge in [0.2, 0.25) is 0 Å². The van der Waals surface area contributed by atoms with Gasteiger partial charge in [0.15, 0.2) is 0 Å². The number of phenols is 1. The molecule has 2 N–H and O–H groups in total. The Morgan fingerprint density at radius 3 is 2.39 bits per heavy atom. The predicted octanol–water partition coefficient (Wildman–Crippen LogP) is 2.92. The summed E-state index contributed by atoms with van der Waals surface area (Å²) in [5.74, 6) is -2.19. The van der Waals surface area contributed by atoms with Gasteiger partial charge in [-0.25, -0.2) is 8.78 Å². The number of carbonyl (C=O) groups is 1. The first kappa shape index (κ1) is 12.0. The number of aromatic hydroxyl groups is 1. The van der Waals surface area contributed by atoms with E-state index in [1.807, 2.05) is 0 Å². The largest absolute Gasteiger partial charge is 0.508 e. The first-order valence-electron chi connectivity index (χ1n) is 5.12. The Kier molecular flexibility index (Phi) is 3.23. The van der Waals surface area contributed by atoms with Crippen molar-refractivity contribution < 1.29 is 18.7 Å². The molecule has 92 valence electrons. The standard InChI is InChI=1S/C13H9F2NO2/c14-8-1-6-12(15)11(7-8)13(18)16-9-2-4-10(17)5-3-9/h1-7,17H,(H,16,18). The molecule has 18 heavy (non-hydrogen) atoms. The lowest BCUT2D eigenvalue weighted by molar-refractivity contribution is 0.102. The third kappa shape index (κ3) is 2.63. The fourth-order valence-electron chi connectivity index (χ4n) is 1.41. The molecule has 0 aromatic heterocycles. The lowest BCUT2D eigenvalue weighted by Gasteiger charge is -2.06. The third-order valence-corrected chi connectivity index (χ3v) is 2.30. The number of hydrogen-bond donors (Lipinski definition) is 2. The molecule has 3 nitrogen and oxygen atoms in total. The second-order valence-corrected chi connectivity index (χ2v) is 3.63. The van der Waals surface area contributed by atoms with E-state index in [0.29, 0.717) is 5.69 Å². The normalized spacial score (nSPS) is 10.1. The molecule has 0 saturated heterocycles. The first-order valence-corrected chi connectivity index (χ1v) is 5.12. The summed E-state index contributed by atoms with van der Waals surface area (Å²) in [6.07, 6.45) is 0. The average molecular weight is 249 g/mol. The van der Waals surface area contributed by atoms with Crippen molar-refractivity contribution >= 4 is 11.6 Å². The molecule has 0 saturated carbocycles. The second-order valence-electron chi connectivity index (χ2n) is 3.63. The van der Waals surface area contributed by atoms with E-state index >= 15 is 0 Å². The van der Waals surface area contributed by atoms with Crippen molar-refractivity contribution in [1.82, 2.24) is 0 Å². The third-order valence-electron chi connectivity index (χ3n) is 2.30. The number of hydrogen-bond acceptors (Lipinski definition) is 2. The molecule has 0 heterocycles. The maximum atomic E-state index is 13.3. The van der Waals surface area contributed by atoms with E-state index in [-0.39, 0.29) is 11.3 Å². The number of rotatable bonds is 2. The molecule has 0 aliphatic rings. The van der Waals surface area contributed by atoms with Crippen molar-refractivity contribution in [3.8, 4) is 5.75 Å². The van der Waals surface area contributed by atoms with E-state index in [4.69, 9.17) is 5.11 Å². The molecule has 0 fully saturated rings. The van der Waals surface area contributed by atoms with E-state index in [0.717, 1.165) is 18.2 Å². The molecule has 0 unspecified atom stereocenters. The number of benzene rings is 2. The van der Waals surface area contributed by atoms with Crippen molar-refractivity contribution in [3.63, 3.8) is 0 Å². The number of phenolic OH excluding ortho intramolecular Hbond substituents is 1. The second kappa shape index (κ2) is 4.83. The molecular weight excluding hydrogens is 240 g/mol. The summed E-state index contributed by atoms with van der Waals surface area (Å²) >= 11 is 0. The molecule has 0 aliphatic carbocycles. The van der Waals surface area contributed by atoms with Crippen molar-refractivity contribution in [2.24, 2.45) is 0 Å². The zero-order valence-electron chi connectivity index (χ0n) is 9.15. The minimum Gasteiger partial charge on any atom is -0.508 e. The van der Waals surface area contributed by atoms with E-state index in [2.05, 4.69) is 5.32 Å². The highest BCUT2D eigenvalue weighted by molar-refractivity contribution is 6.04. The van der Waals surface area contributed by atoms with Crippen LogP contribution in [0.4, 0.5) is 14.5 Å². The monoisotopic (exact) mass is 249 g/mol. The maximum absolute atomic E-state index is 13.3. The first-order chi connectivity index (χ1) is 8.56. The van der Waals surface area contributed by atoms with Gasteiger partial charge in [0.1, 0.15) is 17.4 Å². The van der Waals surface area contributed by atoms with Crippen LogP contribution in [0.1, 0.15) is 10.4 Å². The molecule has 1 amide bonds. The summed E-state index contributed by atoms with van der Waals surface area (Å²) in [5, 5.41) is 11.5. The molecule has 0 spiro atoms. The van der Waals surface area contributed by atoms with Crippen molar-refractivity contribution in [1.29, 1.82) is 0 Å². The van der Waals surface area contributed by atoms with Gasteiger partial charge in [0.25, 0.3) is 5.91 Å². The van der Waals surface area contributed by atoms with Crippen molar-refractivity contribution in [2.75, 3.05) is 5.32 Å². The summed E-state index contributed by atoms with van der Waals surface area (Å²) in [6.45, 7) is 0. The van der Waals surface area contributed by atoms with Crippen molar-refractivity contribution in [3.05, 3.63) is 59.7 Å². The Hall–Kier alpha value is -2.43. The topological polar surface area (TPSA) is 49.3 Å². The van der Waals surface area contributed by atoms with Crippen LogP contribution in [-0.4, -0.2) is 11.0 Å². The summed E-state index contributed by atoms with van der Waals surface area (Å²) < 4.78 is 26.2. The van der Waals surface area contributed by atoms with Crippen LogP contribution in [0.15, 0.2) is 42.5 Å². The van der Waals surface area contributed by atoms with Crippen LogP contribution in [0.2, 0.25) is 0 Å². The van der Waals surface area contributed by atoms with Gasteiger partial charge in [0.05, 0.1) is 5.56 Å². The van der Waals surface area contributed by atoms with Gasteiger partial charge in [-0.3, -0.25) is 4.79 Å². The van der Waals surface area contributed by atoms with Crippen LogP contribution in [0.25, 0.3) is 0 Å². The molecule has 0 atom stereocenters. The minimum absolute atomic E-state index is 0.0462. The highest BCUT2D eigenvalue weighted by Crippen LogP contribution is 2.16. The number of anilines is 1. The van der Waals surface area contributed by atoms with Crippen LogP contribution in [-0.2, 0) is 0 Å². The average Bonchev–Trinajstić information content (AvgIpc) is 2.35. The predicted molar refractivity (Wildman–Crippen MR) is 62.4 cm³/mol. The quantitative estimate of drug-likeness (QED) is 0.804. The van der Waals surface area contributed by atoms with Crippen LogP contribution in [0.3, 0.4) is 0 Å². The maximum Gasteiger partial charge on any atom is 0.258 e. The lowest BCUT2D eigenvalue weighted by atomic mass is 10.2. The number of amides is 1. The van der Waals surface area contributed by atoms with E-state index < -0.39 is 17.5 Å². The van der Waals surface area contributed by atoms with E-state index in [1.54, 1.807) is 0 Å². The van der Waals surface area contributed by atoms with Crippen LogP contribution in [0.5, 0.6) is 5.75 Å². The number of carbonyl (C=O) groups excluding carboxylic acids is 1. The molecule has 5 heteroatoms.